The molecule has 10 rings (SSSR count). The second-order valence-corrected chi connectivity index (χ2v) is 23.7. The van der Waals surface area contributed by atoms with E-state index in [4.69, 9.17) is 55.0 Å². The van der Waals surface area contributed by atoms with Crippen molar-refractivity contribution in [3.05, 3.63) is 109 Å². The molecule has 480 valence electrons. The van der Waals surface area contributed by atoms with Gasteiger partial charge in [0.2, 0.25) is 5.91 Å². The van der Waals surface area contributed by atoms with E-state index in [1.54, 1.807) is 55.8 Å². The Kier molecular flexibility index (Phi) is 23.0. The van der Waals surface area contributed by atoms with Gasteiger partial charge in [0, 0.05) is 59.0 Å². The number of fused-ring (bicyclic) bond motifs is 2. The van der Waals surface area contributed by atoms with Gasteiger partial charge in [0.05, 0.1) is 79.6 Å². The second kappa shape index (κ2) is 30.1. The smallest absolute Gasteiger partial charge is 0.411 e. The van der Waals surface area contributed by atoms with Crippen molar-refractivity contribution in [1.82, 2.24) is 25.1 Å². The molecule has 4 aliphatic rings. The number of likely N-dealkylation sites (tertiary alicyclic amines) is 2. The van der Waals surface area contributed by atoms with Crippen LogP contribution in [-0.2, 0) is 42.9 Å². The van der Waals surface area contributed by atoms with Crippen LogP contribution in [0.15, 0.2) is 109 Å². The zero-order valence-electron chi connectivity index (χ0n) is 53.3. The molecule has 0 spiro atoms. The fourth-order valence-electron chi connectivity index (χ4n) is 10.5. The zero-order valence-corrected chi connectivity index (χ0v) is 53.1. The lowest BCUT2D eigenvalue weighted by molar-refractivity contribution is -0.155. The minimum Gasteiger partial charge on any atom is -0.497 e. The van der Waals surface area contributed by atoms with Gasteiger partial charge < -0.3 is 53.7 Å². The zero-order chi connectivity index (χ0) is 64.8. The molecule has 4 atom stereocenters. The molecular formula is C66H82ClFN6O15. The highest BCUT2D eigenvalue weighted by Gasteiger charge is 2.51. The molecule has 2 aliphatic heterocycles. The molecule has 0 bridgehead atoms. The molecule has 6 aromatic rings. The number of benzene rings is 4. The fraction of sp³-hybridized carbons (Fsp3) is 0.455. The molecule has 4 heterocycles. The molecule has 2 unspecified atom stereocenters. The Morgan fingerprint density at radius 3 is 1.36 bits per heavy atom. The third-order valence-electron chi connectivity index (χ3n) is 15.2. The number of halogens is 2. The van der Waals surface area contributed by atoms with Crippen LogP contribution in [0.1, 0.15) is 94.3 Å². The molecule has 2 saturated heterocycles. The number of nitrogens with zero attached hydrogens (tertiary/aromatic N) is 4. The number of ether oxygens (including phenoxy) is 9. The number of methoxy groups -OCH3 is 5. The van der Waals surface area contributed by atoms with Gasteiger partial charge in [-0.05, 0) is 104 Å². The Hall–Kier alpha value is -8.50. The van der Waals surface area contributed by atoms with E-state index in [2.05, 4.69) is 10.1 Å². The van der Waals surface area contributed by atoms with Crippen LogP contribution in [0.2, 0.25) is 0 Å². The van der Waals surface area contributed by atoms with Gasteiger partial charge >= 0.3 is 30.1 Å². The van der Waals surface area contributed by atoms with E-state index in [1.807, 2.05) is 109 Å². The van der Waals surface area contributed by atoms with Crippen LogP contribution in [0, 0.1) is 0 Å². The first-order valence-electron chi connectivity index (χ1n) is 29.6. The van der Waals surface area contributed by atoms with E-state index >= 15 is 0 Å². The van der Waals surface area contributed by atoms with Crippen molar-refractivity contribution >= 4 is 70.2 Å². The van der Waals surface area contributed by atoms with Crippen LogP contribution >= 0.6 is 12.4 Å². The van der Waals surface area contributed by atoms with E-state index in [9.17, 15) is 33.2 Å². The van der Waals surface area contributed by atoms with Crippen molar-refractivity contribution in [1.29, 1.82) is 0 Å². The normalized spacial score (nSPS) is 18.7. The third kappa shape index (κ3) is 17.2. The lowest BCUT2D eigenvalue weighted by atomic mass is 9.76. The van der Waals surface area contributed by atoms with Gasteiger partial charge in [0.25, 0.3) is 0 Å². The van der Waals surface area contributed by atoms with E-state index in [0.29, 0.717) is 52.6 Å². The van der Waals surface area contributed by atoms with Crippen molar-refractivity contribution in [2.75, 3.05) is 55.8 Å². The molecule has 2 aromatic heterocycles. The first kappa shape index (κ1) is 68.0. The van der Waals surface area contributed by atoms with Crippen molar-refractivity contribution in [3.63, 3.8) is 0 Å². The number of nitrogens with two attached hydrogens (primary N) is 1. The lowest BCUT2D eigenvalue weighted by Crippen LogP contribution is -2.62. The fourth-order valence-corrected chi connectivity index (χ4v) is 10.5. The number of esters is 3. The van der Waals surface area contributed by atoms with Crippen molar-refractivity contribution in [3.8, 4) is 45.5 Å². The molecule has 0 radical (unpaired) electrons. The van der Waals surface area contributed by atoms with Crippen LogP contribution in [0.3, 0.4) is 0 Å². The summed E-state index contributed by atoms with van der Waals surface area (Å²) >= 11 is 0. The number of alkyl halides is 1. The minimum atomic E-state index is -1.07. The van der Waals surface area contributed by atoms with Gasteiger partial charge in [-0.25, -0.2) is 29.1 Å². The summed E-state index contributed by atoms with van der Waals surface area (Å²) in [6, 6.07) is 32.8. The third-order valence-corrected chi connectivity index (χ3v) is 15.2. The Morgan fingerprint density at radius 2 is 1.01 bits per heavy atom. The number of hydrogen-bond donors (Lipinski definition) is 2. The lowest BCUT2D eigenvalue weighted by Gasteiger charge is -2.40. The Bertz CT molecular complexity index is 3460. The highest BCUT2D eigenvalue weighted by atomic mass is 35.5. The highest BCUT2D eigenvalue weighted by molar-refractivity contribution is 5.94. The quantitative estimate of drug-likeness (QED) is 0.0805. The number of carbonyl (C=O) groups is 6. The Morgan fingerprint density at radius 1 is 0.596 bits per heavy atom. The number of pyridine rings is 2. The standard InChI is InChI=1S/C32H37N3O7.C27H30N2O6.C6H11NO2.CH3F.ClH/c1-31(2,3)42-30(38)35-19-22(17-26(35)28(36)34-32(14-9-15-32)29(37)40-5)41-27-18-24(20-10-7-6-8-11-20)33-25-16-21(39-4)12-13-23(25)27;1-27(2,3)35-26(31)29-16-19(14-23(29)25(30)33-5)34-24-15-21(17-9-7-6-8-10-17)28-22-13-18(32-4)11-12-20(22)24;1-9-5(8)6(7)3-2-4-6;1-2;/h6-8,10-13,16,18,22,26H,9,14-15,17,19H2,1-5H3,(H,34,36);6-13,15,19,23H,14,16H2,1-5H3;2-4,7H2,1H3;1H3;1H/t22?,26-;19?,23-;;;/m00.../s1/i;;;1D;. The number of rotatable bonds is 13. The minimum absolute atomic E-state index is 0. The largest absolute Gasteiger partial charge is 0.497 e. The van der Waals surface area contributed by atoms with Gasteiger partial charge in [-0.15, -0.1) is 12.4 Å². The van der Waals surface area contributed by atoms with Crippen molar-refractivity contribution in [2.45, 2.75) is 139 Å². The first-order chi connectivity index (χ1) is 42.3. The average molecular weight is 1250 g/mol. The van der Waals surface area contributed by atoms with Crippen molar-refractivity contribution < 1.29 is 77.2 Å². The molecule has 2 saturated carbocycles. The molecule has 2 aliphatic carbocycles. The van der Waals surface area contributed by atoms with Gasteiger partial charge in [-0.1, -0.05) is 60.7 Å². The van der Waals surface area contributed by atoms with Crippen LogP contribution in [0.25, 0.3) is 44.3 Å². The molecule has 89 heavy (non-hydrogen) atoms. The van der Waals surface area contributed by atoms with E-state index < -0.39 is 83.8 Å². The van der Waals surface area contributed by atoms with Crippen molar-refractivity contribution in [2.24, 2.45) is 5.73 Å². The SMILES string of the molecule is COC(=O)C1(N)CCC1.COC(=O)C1(NC(=O)[C@@H]2CC(Oc3cc(-c4ccccc4)nc4cc(OC)ccc34)CN2C(=O)OC(C)(C)C)CCC1.COC(=O)[C@@H]1CC(Oc2cc(-c3ccccc3)nc3cc(OC)ccc23)CN1C(=O)OC(C)(C)C.Cl.[2H]CF. The number of carbonyl (C=O) groups excluding carboxylic acids is 6. The number of hydrogen-bond acceptors (Lipinski definition) is 18. The number of aromatic nitrogens is 2. The number of nitrogens with one attached hydrogen (secondary N) is 1. The second-order valence-electron chi connectivity index (χ2n) is 23.7. The predicted molar refractivity (Wildman–Crippen MR) is 335 cm³/mol. The number of amides is 3. The molecule has 23 heteroatoms. The van der Waals surface area contributed by atoms with Crippen LogP contribution < -0.4 is 30.0 Å². The summed E-state index contributed by atoms with van der Waals surface area (Å²) < 4.78 is 64.9. The maximum absolute atomic E-state index is 13.6. The summed E-state index contributed by atoms with van der Waals surface area (Å²) in [6.07, 6.45) is 2.70. The Labute approximate surface area is 526 Å². The van der Waals surface area contributed by atoms with Gasteiger partial charge in [0.15, 0.2) is 0 Å². The molecule has 21 nitrogen and oxygen atoms in total. The van der Waals surface area contributed by atoms with Crippen LogP contribution in [0.4, 0.5) is 14.0 Å². The first-order valence-corrected chi connectivity index (χ1v) is 28.9. The van der Waals surface area contributed by atoms with Gasteiger partial charge in [0.1, 0.15) is 69.6 Å². The van der Waals surface area contributed by atoms with E-state index in [0.717, 1.165) is 53.3 Å². The summed E-state index contributed by atoms with van der Waals surface area (Å²) in [5.74, 6) is 0.831. The van der Waals surface area contributed by atoms with Gasteiger partial charge in [-0.2, -0.15) is 0 Å². The predicted octanol–water partition coefficient (Wildman–Crippen LogP) is 10.8. The Balaban J connectivity index is 0.000000242. The summed E-state index contributed by atoms with van der Waals surface area (Å²) in [4.78, 5) is 87.9. The monoisotopic (exact) mass is 1250 g/mol. The summed E-state index contributed by atoms with van der Waals surface area (Å²) in [6.45, 7) is 11.0. The molecule has 3 amide bonds. The highest BCUT2D eigenvalue weighted by Crippen LogP contribution is 2.39. The molecule has 4 fully saturated rings. The van der Waals surface area contributed by atoms with Crippen LogP contribution in [0.5, 0.6) is 23.0 Å². The average Bonchev–Trinajstić information content (AvgIpc) is 1.31. The summed E-state index contributed by atoms with van der Waals surface area (Å²) in [7, 11) is 6.19. The van der Waals surface area contributed by atoms with E-state index in [1.165, 1.54) is 31.1 Å². The van der Waals surface area contributed by atoms with Crippen LogP contribution in [-0.4, -0.2) is 158 Å². The van der Waals surface area contributed by atoms with E-state index in [-0.39, 0.29) is 44.3 Å². The molecular weight excluding hydrogens is 1170 g/mol. The summed E-state index contributed by atoms with van der Waals surface area (Å²) in [5, 5.41) is 4.46. The summed E-state index contributed by atoms with van der Waals surface area (Å²) in [5.41, 5.74) is 7.14. The van der Waals surface area contributed by atoms with Gasteiger partial charge in [-0.3, -0.25) is 23.8 Å². The maximum Gasteiger partial charge on any atom is 0.411 e. The maximum atomic E-state index is 13.6. The molecule has 3 N–H and O–H groups in total. The molecule has 4 aromatic carbocycles. The topological polar surface area (TPSA) is 256 Å².